The number of piperidine rings is 1. The number of carboxylic acids is 1. The van der Waals surface area contributed by atoms with E-state index in [1.54, 1.807) is 43.2 Å². The first kappa shape index (κ1) is 33.1. The van der Waals surface area contributed by atoms with Crippen LogP contribution in [0.2, 0.25) is 0 Å². The summed E-state index contributed by atoms with van der Waals surface area (Å²) in [6, 6.07) is 6.53. The highest BCUT2D eigenvalue weighted by atomic mass is 19.3. The van der Waals surface area contributed by atoms with Crippen LogP contribution in [0.15, 0.2) is 48.9 Å². The molecule has 0 unspecified atom stereocenters. The van der Waals surface area contributed by atoms with Crippen LogP contribution in [0.4, 0.5) is 20.3 Å². The maximum absolute atomic E-state index is 14.6. The van der Waals surface area contributed by atoms with E-state index >= 15 is 0 Å². The Balaban J connectivity index is 1.12. The van der Waals surface area contributed by atoms with E-state index in [0.717, 1.165) is 49.3 Å². The zero-order valence-electron chi connectivity index (χ0n) is 27.9. The highest BCUT2D eigenvalue weighted by Gasteiger charge is 2.34. The molecule has 0 saturated carbocycles. The van der Waals surface area contributed by atoms with E-state index in [-0.39, 0.29) is 23.2 Å². The van der Waals surface area contributed by atoms with Crippen molar-refractivity contribution in [3.8, 4) is 23.0 Å². The number of aryl methyl sites for hydroxylation is 1. The molecule has 50 heavy (non-hydrogen) atoms. The molecule has 1 N–H and O–H groups in total. The van der Waals surface area contributed by atoms with Crippen molar-refractivity contribution in [1.82, 2.24) is 39.6 Å². The third kappa shape index (κ3) is 6.60. The Morgan fingerprint density at radius 3 is 2.62 bits per heavy atom. The summed E-state index contributed by atoms with van der Waals surface area (Å²) in [5, 5.41) is 25.9. The second-order valence-corrected chi connectivity index (χ2v) is 12.8. The first-order chi connectivity index (χ1) is 24.2. The van der Waals surface area contributed by atoms with Gasteiger partial charge in [-0.25, -0.2) is 13.6 Å². The van der Waals surface area contributed by atoms with Crippen LogP contribution in [0.3, 0.4) is 0 Å². The minimum atomic E-state index is -2.68. The molecular formula is C36H37F2N9O3. The fourth-order valence-corrected chi connectivity index (χ4v) is 7.04. The van der Waals surface area contributed by atoms with Crippen LogP contribution in [-0.4, -0.2) is 82.7 Å². The Morgan fingerprint density at radius 2 is 1.94 bits per heavy atom. The fraction of sp³-hybridized carbons (Fsp3) is 0.389. The first-order valence-electron chi connectivity index (χ1n) is 16.7. The van der Waals surface area contributed by atoms with Crippen LogP contribution in [0.1, 0.15) is 77.2 Å². The number of carbonyl (C=O) groups is 2. The van der Waals surface area contributed by atoms with Gasteiger partial charge in [0.2, 0.25) is 5.91 Å². The van der Waals surface area contributed by atoms with Crippen molar-refractivity contribution in [2.24, 2.45) is 7.05 Å². The number of halogens is 2. The van der Waals surface area contributed by atoms with Gasteiger partial charge in [-0.3, -0.25) is 14.2 Å². The molecule has 258 valence electrons. The predicted octanol–water partition coefficient (Wildman–Crippen LogP) is 4.90. The van der Waals surface area contributed by atoms with E-state index in [9.17, 15) is 18.4 Å². The number of likely N-dealkylation sites (tertiary alicyclic amines) is 1. The summed E-state index contributed by atoms with van der Waals surface area (Å²) < 4.78 is 32.9. The Kier molecular flexibility index (Phi) is 9.16. The predicted molar refractivity (Wildman–Crippen MR) is 181 cm³/mol. The van der Waals surface area contributed by atoms with Gasteiger partial charge in [-0.05, 0) is 60.6 Å². The normalized spacial score (nSPS) is 16.3. The van der Waals surface area contributed by atoms with Gasteiger partial charge in [0.15, 0.2) is 11.5 Å². The standard InChI is InChI=1S/C36H37F2N9O3/c1-23(48)45-17-12-32-30(22-45)35(46-14-5-6-24-18-28(25-20-39-43(2)21-25)29(34(37)38)19-33(24)46)42-47(32)27-10-15-44(16-11-27)13-4-3-7-26-8-9-31(36(49)50)41-40-26/h5,8-9,14,18-21,27,34H,4,6,10-13,15-17,22H2,1-2H3,(H,49,50). The van der Waals surface area contributed by atoms with Crippen LogP contribution >= 0.6 is 0 Å². The molecule has 0 aliphatic carbocycles. The zero-order chi connectivity index (χ0) is 34.9. The maximum atomic E-state index is 14.6. The number of anilines is 2. The molecule has 1 amide bonds. The number of rotatable bonds is 7. The maximum Gasteiger partial charge on any atom is 0.356 e. The summed E-state index contributed by atoms with van der Waals surface area (Å²) in [4.78, 5) is 29.6. The molecule has 7 rings (SSSR count). The van der Waals surface area contributed by atoms with Gasteiger partial charge in [0.25, 0.3) is 6.43 Å². The molecule has 1 aromatic carbocycles. The lowest BCUT2D eigenvalue weighted by Crippen LogP contribution is -2.37. The van der Waals surface area contributed by atoms with Gasteiger partial charge in [-0.15, -0.1) is 10.2 Å². The van der Waals surface area contributed by atoms with Gasteiger partial charge in [0.1, 0.15) is 5.69 Å². The molecule has 0 bridgehead atoms. The molecule has 3 aliphatic rings. The molecule has 1 saturated heterocycles. The summed E-state index contributed by atoms with van der Waals surface area (Å²) in [5.41, 5.74) is 5.01. The van der Waals surface area contributed by atoms with Crippen LogP contribution in [0.25, 0.3) is 11.1 Å². The second kappa shape index (κ2) is 13.8. The van der Waals surface area contributed by atoms with Crippen LogP contribution in [0, 0.1) is 11.8 Å². The minimum absolute atomic E-state index is 0.00855. The third-order valence-corrected chi connectivity index (χ3v) is 9.65. The Labute approximate surface area is 288 Å². The topological polar surface area (TPSA) is 126 Å². The number of nitrogens with zero attached hydrogens (tertiary/aromatic N) is 9. The van der Waals surface area contributed by atoms with Gasteiger partial charge in [0, 0.05) is 87.8 Å². The number of alkyl halides is 2. The third-order valence-electron chi connectivity index (χ3n) is 9.65. The van der Waals surface area contributed by atoms with Crippen molar-refractivity contribution < 1.29 is 23.5 Å². The molecule has 14 heteroatoms. The molecule has 3 aliphatic heterocycles. The van der Waals surface area contributed by atoms with E-state index < -0.39 is 12.4 Å². The summed E-state index contributed by atoms with van der Waals surface area (Å²) in [6.45, 7) is 5.11. The number of aromatic carboxylic acids is 1. The molecular weight excluding hydrogens is 644 g/mol. The van der Waals surface area contributed by atoms with E-state index in [1.807, 2.05) is 28.1 Å². The lowest BCUT2D eigenvalue weighted by Gasteiger charge is -2.33. The van der Waals surface area contributed by atoms with Crippen molar-refractivity contribution in [3.63, 3.8) is 0 Å². The summed E-state index contributed by atoms with van der Waals surface area (Å²) in [6.07, 6.45) is 8.28. The van der Waals surface area contributed by atoms with Gasteiger partial charge in [0.05, 0.1) is 24.5 Å². The minimum Gasteiger partial charge on any atom is -0.476 e. The fourth-order valence-electron chi connectivity index (χ4n) is 7.04. The van der Waals surface area contributed by atoms with Gasteiger partial charge in [-0.1, -0.05) is 12.0 Å². The van der Waals surface area contributed by atoms with Crippen LogP contribution in [-0.2, 0) is 31.2 Å². The molecule has 0 radical (unpaired) electrons. The van der Waals surface area contributed by atoms with Crippen molar-refractivity contribution in [1.29, 1.82) is 0 Å². The molecule has 6 heterocycles. The quantitative estimate of drug-likeness (QED) is 0.271. The number of amides is 1. The van der Waals surface area contributed by atoms with Crippen LogP contribution < -0.4 is 4.90 Å². The largest absolute Gasteiger partial charge is 0.476 e. The van der Waals surface area contributed by atoms with Crippen molar-refractivity contribution in [2.75, 3.05) is 31.1 Å². The number of carboxylic acid groups (broad SMARTS) is 1. The first-order valence-corrected chi connectivity index (χ1v) is 16.7. The van der Waals surface area contributed by atoms with E-state index in [4.69, 9.17) is 10.2 Å². The monoisotopic (exact) mass is 681 g/mol. The number of fused-ring (bicyclic) bond motifs is 2. The highest BCUT2D eigenvalue weighted by molar-refractivity contribution is 5.85. The molecule has 1 fully saturated rings. The average molecular weight is 682 g/mol. The number of aromatic nitrogens is 6. The number of hydrogen-bond acceptors (Lipinski definition) is 8. The molecule has 0 spiro atoms. The summed E-state index contributed by atoms with van der Waals surface area (Å²) in [7, 11) is 1.77. The molecule has 0 atom stereocenters. The van der Waals surface area contributed by atoms with Crippen molar-refractivity contribution in [2.45, 2.75) is 58.0 Å². The second-order valence-electron chi connectivity index (χ2n) is 12.8. The lowest BCUT2D eigenvalue weighted by atomic mass is 9.94. The number of carbonyl (C=O) groups excluding carboxylic acids is 1. The highest BCUT2D eigenvalue weighted by Crippen LogP contribution is 2.43. The smallest absolute Gasteiger partial charge is 0.356 e. The van der Waals surface area contributed by atoms with Crippen molar-refractivity contribution in [3.05, 3.63) is 82.7 Å². The van der Waals surface area contributed by atoms with Gasteiger partial charge in [-0.2, -0.15) is 10.2 Å². The van der Waals surface area contributed by atoms with E-state index in [0.29, 0.717) is 60.7 Å². The molecule has 4 aromatic rings. The SMILES string of the molecule is CC(=O)N1CCc2c(c(N3C=CCc4cc(-c5cnn(C)c5)c(C(F)F)cc43)nn2C2CCN(CCC#Cc3ccc(C(=O)O)nn3)CC2)C1. The Morgan fingerprint density at radius 1 is 1.12 bits per heavy atom. The van der Waals surface area contributed by atoms with Crippen molar-refractivity contribution >= 4 is 23.4 Å². The Bertz CT molecular complexity index is 2020. The summed E-state index contributed by atoms with van der Waals surface area (Å²) in [5.74, 6) is 5.61. The van der Waals surface area contributed by atoms with Crippen LogP contribution in [0.5, 0.6) is 0 Å². The number of hydrogen-bond donors (Lipinski definition) is 1. The van der Waals surface area contributed by atoms with Gasteiger partial charge >= 0.3 is 5.97 Å². The Hall–Kier alpha value is -5.42. The lowest BCUT2D eigenvalue weighted by molar-refractivity contribution is -0.129. The average Bonchev–Trinajstić information content (AvgIpc) is 3.73. The summed E-state index contributed by atoms with van der Waals surface area (Å²) >= 11 is 0. The number of benzene rings is 1. The zero-order valence-corrected chi connectivity index (χ0v) is 27.9. The molecule has 12 nitrogen and oxygen atoms in total. The van der Waals surface area contributed by atoms with Gasteiger partial charge < -0.3 is 19.8 Å². The number of allylic oxidation sites excluding steroid dienone is 1. The van der Waals surface area contributed by atoms with E-state index in [1.165, 1.54) is 6.07 Å². The van der Waals surface area contributed by atoms with E-state index in [2.05, 4.69) is 36.7 Å². The molecule has 3 aromatic heterocycles.